The Bertz CT molecular complexity index is 1100. The van der Waals surface area contributed by atoms with Crippen molar-refractivity contribution in [1.29, 1.82) is 0 Å². The number of nitrogens with zero attached hydrogens (tertiary/aromatic N) is 2. The highest BCUT2D eigenvalue weighted by Crippen LogP contribution is 2.20. The summed E-state index contributed by atoms with van der Waals surface area (Å²) in [6.45, 7) is 3.15. The zero-order chi connectivity index (χ0) is 24.5. The first-order valence-electron chi connectivity index (χ1n) is 11.2. The van der Waals surface area contributed by atoms with Crippen LogP contribution < -0.4 is 10.6 Å². The Kier molecular flexibility index (Phi) is 8.56. The summed E-state index contributed by atoms with van der Waals surface area (Å²) in [5.41, 5.74) is 1.70. The minimum absolute atomic E-state index is 0.153. The van der Waals surface area contributed by atoms with E-state index in [1.807, 2.05) is 72.3 Å². The SMILES string of the molecule is CC(C)[C@H](NC(=O)Cc1ccccc1)C(=O)OCC(=O)NC(c1ccccc1)c1nccn1C. The standard InChI is InChI=1S/C26H30N4O4/c1-18(2)23(28-21(31)16-19-10-6-4-7-11-19)26(33)34-17-22(32)29-24(20-12-8-5-9-13-20)25-27-14-15-30(25)3/h4-15,18,23-24H,16-17H2,1-3H3,(H,28,31)(H,29,32)/t23-,24?/m0/s1. The molecule has 2 aromatic carbocycles. The third-order valence-electron chi connectivity index (χ3n) is 5.34. The maximum absolute atomic E-state index is 12.7. The molecule has 1 aromatic heterocycles. The fourth-order valence-electron chi connectivity index (χ4n) is 3.53. The highest BCUT2D eigenvalue weighted by atomic mass is 16.5. The zero-order valence-corrected chi connectivity index (χ0v) is 19.6. The molecule has 0 bridgehead atoms. The molecule has 0 aliphatic heterocycles. The number of benzene rings is 2. The molecule has 3 rings (SSSR count). The molecule has 0 aliphatic rings. The first-order chi connectivity index (χ1) is 16.3. The molecular weight excluding hydrogens is 432 g/mol. The molecule has 2 N–H and O–H groups in total. The van der Waals surface area contributed by atoms with Crippen LogP contribution in [0.2, 0.25) is 0 Å². The quantitative estimate of drug-likeness (QED) is 0.451. The molecule has 178 valence electrons. The van der Waals surface area contributed by atoms with Gasteiger partial charge in [-0.15, -0.1) is 0 Å². The highest BCUT2D eigenvalue weighted by Gasteiger charge is 2.27. The summed E-state index contributed by atoms with van der Waals surface area (Å²) in [6.07, 6.45) is 3.60. The van der Waals surface area contributed by atoms with Gasteiger partial charge in [-0.05, 0) is 17.0 Å². The second-order valence-electron chi connectivity index (χ2n) is 8.37. The molecule has 0 saturated heterocycles. The number of hydrogen-bond donors (Lipinski definition) is 2. The van der Waals surface area contributed by atoms with E-state index in [9.17, 15) is 14.4 Å². The van der Waals surface area contributed by atoms with E-state index in [2.05, 4.69) is 15.6 Å². The van der Waals surface area contributed by atoms with Crippen molar-refractivity contribution in [3.8, 4) is 0 Å². The van der Waals surface area contributed by atoms with Gasteiger partial charge in [-0.25, -0.2) is 9.78 Å². The van der Waals surface area contributed by atoms with E-state index in [4.69, 9.17) is 4.74 Å². The van der Waals surface area contributed by atoms with Gasteiger partial charge in [-0.3, -0.25) is 9.59 Å². The Morgan fingerprint density at radius 1 is 0.941 bits per heavy atom. The largest absolute Gasteiger partial charge is 0.454 e. The fraction of sp³-hybridized carbons (Fsp3) is 0.308. The first kappa shape index (κ1) is 24.7. The second-order valence-corrected chi connectivity index (χ2v) is 8.37. The van der Waals surface area contributed by atoms with Gasteiger partial charge in [-0.2, -0.15) is 0 Å². The lowest BCUT2D eigenvalue weighted by Crippen LogP contribution is -2.46. The molecule has 2 amide bonds. The van der Waals surface area contributed by atoms with Gasteiger partial charge in [0, 0.05) is 19.4 Å². The monoisotopic (exact) mass is 462 g/mol. The molecule has 8 heteroatoms. The number of imidazole rings is 1. The van der Waals surface area contributed by atoms with Crippen molar-refractivity contribution in [2.24, 2.45) is 13.0 Å². The number of nitrogens with one attached hydrogen (secondary N) is 2. The van der Waals surface area contributed by atoms with Gasteiger partial charge >= 0.3 is 5.97 Å². The Balaban J connectivity index is 1.59. The van der Waals surface area contributed by atoms with Gasteiger partial charge in [0.25, 0.3) is 5.91 Å². The predicted molar refractivity (Wildman–Crippen MR) is 128 cm³/mol. The van der Waals surface area contributed by atoms with Crippen molar-refractivity contribution in [1.82, 2.24) is 20.2 Å². The first-order valence-corrected chi connectivity index (χ1v) is 11.2. The summed E-state index contributed by atoms with van der Waals surface area (Å²) in [5, 5.41) is 5.61. The van der Waals surface area contributed by atoms with Crippen molar-refractivity contribution >= 4 is 17.8 Å². The third-order valence-corrected chi connectivity index (χ3v) is 5.34. The molecule has 1 unspecified atom stereocenters. The molecule has 3 aromatic rings. The molecular formula is C26H30N4O4. The van der Waals surface area contributed by atoms with Crippen molar-refractivity contribution in [3.63, 3.8) is 0 Å². The molecule has 8 nitrogen and oxygen atoms in total. The lowest BCUT2D eigenvalue weighted by molar-refractivity contribution is -0.152. The minimum Gasteiger partial charge on any atom is -0.454 e. The Morgan fingerprint density at radius 2 is 1.59 bits per heavy atom. The van der Waals surface area contributed by atoms with Gasteiger partial charge in [-0.1, -0.05) is 74.5 Å². The molecule has 34 heavy (non-hydrogen) atoms. The topological polar surface area (TPSA) is 102 Å². The normalized spacial score (nSPS) is 12.6. The lowest BCUT2D eigenvalue weighted by Gasteiger charge is -2.22. The molecule has 0 spiro atoms. The van der Waals surface area contributed by atoms with E-state index >= 15 is 0 Å². The number of rotatable bonds is 10. The minimum atomic E-state index is -0.858. The fourth-order valence-corrected chi connectivity index (χ4v) is 3.53. The Hall–Kier alpha value is -3.94. The van der Waals surface area contributed by atoms with Crippen LogP contribution in [-0.4, -0.2) is 40.0 Å². The highest BCUT2D eigenvalue weighted by molar-refractivity contribution is 5.87. The maximum atomic E-state index is 12.7. The molecule has 1 heterocycles. The number of aryl methyl sites for hydroxylation is 1. The van der Waals surface area contributed by atoms with Crippen molar-refractivity contribution in [2.45, 2.75) is 32.4 Å². The van der Waals surface area contributed by atoms with Crippen LogP contribution in [0.15, 0.2) is 73.1 Å². The summed E-state index contributed by atoms with van der Waals surface area (Å²) in [6, 6.07) is 17.3. The lowest BCUT2D eigenvalue weighted by atomic mass is 10.0. The molecule has 0 radical (unpaired) electrons. The van der Waals surface area contributed by atoms with Gasteiger partial charge < -0.3 is 19.9 Å². The average Bonchev–Trinajstić information content (AvgIpc) is 3.26. The number of aromatic nitrogens is 2. The molecule has 2 atom stereocenters. The van der Waals surface area contributed by atoms with Crippen LogP contribution in [0.1, 0.15) is 36.8 Å². The third kappa shape index (κ3) is 6.78. The number of hydrogen-bond acceptors (Lipinski definition) is 5. The van der Waals surface area contributed by atoms with Crippen LogP contribution in [0.25, 0.3) is 0 Å². The number of ether oxygens (including phenoxy) is 1. The maximum Gasteiger partial charge on any atom is 0.329 e. The van der Waals surface area contributed by atoms with E-state index in [1.165, 1.54) is 0 Å². The summed E-state index contributed by atoms with van der Waals surface area (Å²) < 4.78 is 7.09. The van der Waals surface area contributed by atoms with Gasteiger partial charge in [0.1, 0.15) is 17.9 Å². The van der Waals surface area contributed by atoms with E-state index in [0.717, 1.165) is 11.1 Å². The number of amides is 2. The van der Waals surface area contributed by atoms with Crippen LogP contribution in [0, 0.1) is 5.92 Å². The van der Waals surface area contributed by atoms with Crippen LogP contribution in [0.5, 0.6) is 0 Å². The van der Waals surface area contributed by atoms with Gasteiger partial charge in [0.15, 0.2) is 6.61 Å². The molecule has 0 aliphatic carbocycles. The Labute approximate surface area is 199 Å². The summed E-state index contributed by atoms with van der Waals surface area (Å²) in [5.74, 6) is -0.965. The smallest absolute Gasteiger partial charge is 0.329 e. The van der Waals surface area contributed by atoms with E-state index < -0.39 is 30.6 Å². The zero-order valence-electron chi connectivity index (χ0n) is 19.6. The summed E-state index contributed by atoms with van der Waals surface area (Å²) in [7, 11) is 1.84. The van der Waals surface area contributed by atoms with Gasteiger partial charge in [0.2, 0.25) is 5.91 Å². The number of esters is 1. The van der Waals surface area contributed by atoms with Crippen LogP contribution in [0.4, 0.5) is 0 Å². The number of carbonyl (C=O) groups is 3. The average molecular weight is 463 g/mol. The summed E-state index contributed by atoms with van der Waals surface area (Å²) in [4.78, 5) is 42.1. The van der Waals surface area contributed by atoms with Crippen molar-refractivity contribution < 1.29 is 19.1 Å². The van der Waals surface area contributed by atoms with Crippen molar-refractivity contribution in [3.05, 3.63) is 90.0 Å². The molecule has 0 fully saturated rings. The van der Waals surface area contributed by atoms with Crippen LogP contribution in [0.3, 0.4) is 0 Å². The van der Waals surface area contributed by atoms with E-state index in [1.54, 1.807) is 26.2 Å². The predicted octanol–water partition coefficient (Wildman–Crippen LogP) is 2.55. The van der Waals surface area contributed by atoms with Gasteiger partial charge in [0.05, 0.1) is 6.42 Å². The second kappa shape index (κ2) is 11.8. The summed E-state index contributed by atoms with van der Waals surface area (Å²) >= 11 is 0. The van der Waals surface area contributed by atoms with Crippen molar-refractivity contribution in [2.75, 3.05) is 6.61 Å². The van der Waals surface area contributed by atoms with E-state index in [-0.39, 0.29) is 18.2 Å². The Morgan fingerprint density at radius 3 is 2.18 bits per heavy atom. The number of carbonyl (C=O) groups excluding carboxylic acids is 3. The van der Waals surface area contributed by atoms with Crippen LogP contribution in [-0.2, 0) is 32.6 Å². The van der Waals surface area contributed by atoms with E-state index in [0.29, 0.717) is 5.82 Å². The molecule has 0 saturated carbocycles. The van der Waals surface area contributed by atoms with Crippen LogP contribution >= 0.6 is 0 Å².